The number of nitrogens with zero attached hydrogens (tertiary/aromatic N) is 5. The molecule has 0 amide bonds. The zero-order valence-electron chi connectivity index (χ0n) is 18.1. The minimum atomic E-state index is 0. The second-order valence-corrected chi connectivity index (χ2v) is 8.06. The van der Waals surface area contributed by atoms with Crippen molar-refractivity contribution in [2.45, 2.75) is 46.0 Å². The van der Waals surface area contributed by atoms with Crippen LogP contribution in [0.4, 0.5) is 5.95 Å². The molecule has 1 saturated heterocycles. The molecule has 0 unspecified atom stereocenters. The molecule has 0 atom stereocenters. The van der Waals surface area contributed by atoms with E-state index >= 15 is 0 Å². The van der Waals surface area contributed by atoms with Gasteiger partial charge >= 0.3 is 0 Å². The highest BCUT2D eigenvalue weighted by atomic mass is 127. The highest BCUT2D eigenvalue weighted by Gasteiger charge is 2.31. The zero-order valence-corrected chi connectivity index (χ0v) is 20.4. The van der Waals surface area contributed by atoms with Crippen molar-refractivity contribution < 1.29 is 0 Å². The second kappa shape index (κ2) is 12.5. The van der Waals surface area contributed by atoms with E-state index in [0.29, 0.717) is 5.41 Å². The SMILES string of the molecule is CCNC(=NCC1(CC)CCCC1)NCCN1CCN(c2ncccn2)CC1.I. The fourth-order valence-corrected chi connectivity index (χ4v) is 4.30. The maximum atomic E-state index is 4.92. The van der Waals surface area contributed by atoms with E-state index in [1.54, 1.807) is 0 Å². The van der Waals surface area contributed by atoms with Gasteiger partial charge in [-0.2, -0.15) is 0 Å². The Kier molecular flexibility index (Phi) is 10.4. The van der Waals surface area contributed by atoms with Crippen LogP contribution in [0.5, 0.6) is 0 Å². The lowest BCUT2D eigenvalue weighted by Crippen LogP contribution is -2.49. The predicted molar refractivity (Wildman–Crippen MR) is 131 cm³/mol. The van der Waals surface area contributed by atoms with Crippen molar-refractivity contribution in [2.24, 2.45) is 10.4 Å². The first kappa shape index (κ1) is 24.1. The topological polar surface area (TPSA) is 68.7 Å². The van der Waals surface area contributed by atoms with E-state index in [-0.39, 0.29) is 24.0 Å². The number of piperazine rings is 1. The van der Waals surface area contributed by atoms with Crippen LogP contribution in [0.15, 0.2) is 23.5 Å². The standard InChI is InChI=1S/C21H37N7.HI/c1-3-21(8-5-6-9-21)18-26-19(22-4-2)23-12-13-27-14-16-28(17-15-27)20-24-10-7-11-25-20;/h7,10-11H,3-6,8-9,12-18H2,1-2H3,(H2,22,23,26);1H. The van der Waals surface area contributed by atoms with Crippen LogP contribution in [0.2, 0.25) is 0 Å². The van der Waals surface area contributed by atoms with Gasteiger partial charge in [0, 0.05) is 64.8 Å². The Morgan fingerprint density at radius 2 is 1.76 bits per heavy atom. The molecule has 0 bridgehead atoms. The largest absolute Gasteiger partial charge is 0.357 e. The number of nitrogens with one attached hydrogen (secondary N) is 2. The van der Waals surface area contributed by atoms with Gasteiger partial charge in [-0.1, -0.05) is 19.8 Å². The van der Waals surface area contributed by atoms with Gasteiger partial charge in [-0.05, 0) is 37.7 Å². The lowest BCUT2D eigenvalue weighted by atomic mass is 9.84. The normalized spacial score (nSPS) is 19.7. The van der Waals surface area contributed by atoms with Gasteiger partial charge in [-0.15, -0.1) is 24.0 Å². The molecule has 2 heterocycles. The van der Waals surface area contributed by atoms with E-state index in [2.05, 4.69) is 44.2 Å². The summed E-state index contributed by atoms with van der Waals surface area (Å²) in [4.78, 5) is 18.4. The van der Waals surface area contributed by atoms with E-state index in [0.717, 1.165) is 64.3 Å². The summed E-state index contributed by atoms with van der Waals surface area (Å²) in [6.07, 6.45) is 10.3. The molecule has 29 heavy (non-hydrogen) atoms. The quantitative estimate of drug-likeness (QED) is 0.315. The molecule has 1 aromatic heterocycles. The van der Waals surface area contributed by atoms with Gasteiger partial charge in [0.25, 0.3) is 0 Å². The number of anilines is 1. The summed E-state index contributed by atoms with van der Waals surface area (Å²) < 4.78 is 0. The molecule has 2 N–H and O–H groups in total. The van der Waals surface area contributed by atoms with Crippen molar-refractivity contribution in [1.82, 2.24) is 25.5 Å². The van der Waals surface area contributed by atoms with E-state index in [9.17, 15) is 0 Å². The van der Waals surface area contributed by atoms with Gasteiger partial charge < -0.3 is 15.5 Å². The molecule has 3 rings (SSSR count). The van der Waals surface area contributed by atoms with Crippen molar-refractivity contribution >= 4 is 35.9 Å². The number of hydrogen-bond acceptors (Lipinski definition) is 5. The number of aliphatic imine (C=N–C) groups is 1. The summed E-state index contributed by atoms with van der Waals surface area (Å²) in [6.45, 7) is 12.3. The van der Waals surface area contributed by atoms with Gasteiger partial charge in [0.05, 0.1) is 0 Å². The lowest BCUT2D eigenvalue weighted by Gasteiger charge is -2.34. The van der Waals surface area contributed by atoms with Crippen LogP contribution in [-0.4, -0.2) is 73.2 Å². The lowest BCUT2D eigenvalue weighted by molar-refractivity contribution is 0.260. The van der Waals surface area contributed by atoms with Crippen molar-refractivity contribution in [3.8, 4) is 0 Å². The van der Waals surface area contributed by atoms with Crippen LogP contribution in [0, 0.1) is 5.41 Å². The summed E-state index contributed by atoms with van der Waals surface area (Å²) in [5.41, 5.74) is 0.443. The summed E-state index contributed by atoms with van der Waals surface area (Å²) in [5.74, 6) is 1.82. The Labute approximate surface area is 193 Å². The molecule has 1 aliphatic carbocycles. The molecule has 1 aliphatic heterocycles. The van der Waals surface area contributed by atoms with Crippen LogP contribution in [-0.2, 0) is 0 Å². The zero-order chi connectivity index (χ0) is 19.7. The summed E-state index contributed by atoms with van der Waals surface area (Å²) in [5, 5.41) is 6.94. The Bertz CT molecular complexity index is 596. The van der Waals surface area contributed by atoms with Gasteiger partial charge in [-0.3, -0.25) is 9.89 Å². The average molecular weight is 515 g/mol. The van der Waals surface area contributed by atoms with E-state index < -0.39 is 0 Å². The van der Waals surface area contributed by atoms with Crippen molar-refractivity contribution in [1.29, 1.82) is 0 Å². The second-order valence-electron chi connectivity index (χ2n) is 8.06. The van der Waals surface area contributed by atoms with E-state index in [1.807, 2.05) is 18.5 Å². The third kappa shape index (κ3) is 7.24. The Morgan fingerprint density at radius 1 is 1.07 bits per heavy atom. The van der Waals surface area contributed by atoms with Crippen LogP contribution in [0.3, 0.4) is 0 Å². The molecule has 7 nitrogen and oxygen atoms in total. The van der Waals surface area contributed by atoms with Gasteiger partial charge in [-0.25, -0.2) is 9.97 Å². The molecule has 1 saturated carbocycles. The molecule has 2 fully saturated rings. The molecule has 0 aromatic carbocycles. The first-order chi connectivity index (χ1) is 13.7. The number of guanidine groups is 1. The Morgan fingerprint density at radius 3 is 2.38 bits per heavy atom. The first-order valence-corrected chi connectivity index (χ1v) is 11.0. The first-order valence-electron chi connectivity index (χ1n) is 11.0. The average Bonchev–Trinajstić information content (AvgIpc) is 3.23. The van der Waals surface area contributed by atoms with Crippen molar-refractivity contribution in [3.05, 3.63) is 18.5 Å². The fraction of sp³-hybridized carbons (Fsp3) is 0.762. The number of halogens is 1. The van der Waals surface area contributed by atoms with Crippen LogP contribution >= 0.6 is 24.0 Å². The Balaban J connectivity index is 0.00000300. The number of hydrogen-bond donors (Lipinski definition) is 2. The molecule has 0 spiro atoms. The minimum absolute atomic E-state index is 0. The molecule has 8 heteroatoms. The monoisotopic (exact) mass is 515 g/mol. The predicted octanol–water partition coefficient (Wildman–Crippen LogP) is 2.74. The van der Waals surface area contributed by atoms with Gasteiger partial charge in [0.15, 0.2) is 5.96 Å². The Hall–Kier alpha value is -1.16. The fourth-order valence-electron chi connectivity index (χ4n) is 4.30. The van der Waals surface area contributed by atoms with Crippen molar-refractivity contribution in [3.63, 3.8) is 0 Å². The minimum Gasteiger partial charge on any atom is -0.357 e. The smallest absolute Gasteiger partial charge is 0.225 e. The van der Waals surface area contributed by atoms with Gasteiger partial charge in [0.1, 0.15) is 0 Å². The molecular formula is C21H38IN7. The van der Waals surface area contributed by atoms with Crippen LogP contribution in [0.25, 0.3) is 0 Å². The van der Waals surface area contributed by atoms with Crippen LogP contribution in [0.1, 0.15) is 46.0 Å². The summed E-state index contributed by atoms with van der Waals surface area (Å²) in [6, 6.07) is 1.87. The van der Waals surface area contributed by atoms with Gasteiger partial charge in [0.2, 0.25) is 5.95 Å². The summed E-state index contributed by atoms with van der Waals surface area (Å²) >= 11 is 0. The third-order valence-electron chi connectivity index (χ3n) is 6.26. The molecule has 2 aliphatic rings. The molecule has 0 radical (unpaired) electrons. The molecule has 1 aromatic rings. The molecular weight excluding hydrogens is 477 g/mol. The van der Waals surface area contributed by atoms with Crippen molar-refractivity contribution in [2.75, 3.05) is 57.3 Å². The number of aromatic nitrogens is 2. The highest BCUT2D eigenvalue weighted by molar-refractivity contribution is 14.0. The van der Waals surface area contributed by atoms with Crippen LogP contribution < -0.4 is 15.5 Å². The molecule has 164 valence electrons. The van der Waals surface area contributed by atoms with E-state index in [4.69, 9.17) is 4.99 Å². The maximum absolute atomic E-state index is 4.92. The summed E-state index contributed by atoms with van der Waals surface area (Å²) in [7, 11) is 0. The maximum Gasteiger partial charge on any atom is 0.225 e. The van der Waals surface area contributed by atoms with E-state index in [1.165, 1.54) is 32.1 Å². The third-order valence-corrected chi connectivity index (χ3v) is 6.26. The highest BCUT2D eigenvalue weighted by Crippen LogP contribution is 2.41. The number of rotatable bonds is 8.